The molecule has 1 aliphatic rings. The number of amides is 1. The van der Waals surface area contributed by atoms with Gasteiger partial charge in [0.1, 0.15) is 5.82 Å². The van der Waals surface area contributed by atoms with Crippen LogP contribution in [0.5, 0.6) is 0 Å². The first-order valence-corrected chi connectivity index (χ1v) is 7.42. The van der Waals surface area contributed by atoms with Crippen molar-refractivity contribution in [3.05, 3.63) is 30.1 Å². The van der Waals surface area contributed by atoms with Gasteiger partial charge in [-0.15, -0.1) is 11.8 Å². The van der Waals surface area contributed by atoms with Crippen LogP contribution in [0.15, 0.2) is 29.2 Å². The first-order valence-electron chi connectivity index (χ1n) is 6.44. The molecule has 1 amide bonds. The summed E-state index contributed by atoms with van der Waals surface area (Å²) in [5.74, 6) is -0.0721. The molecule has 1 aromatic carbocycles. The van der Waals surface area contributed by atoms with Crippen molar-refractivity contribution in [3.63, 3.8) is 0 Å². The molecule has 0 heterocycles. The molecule has 1 fully saturated rings. The second kappa shape index (κ2) is 6.39. The van der Waals surface area contributed by atoms with E-state index in [-0.39, 0.29) is 24.1 Å². The lowest BCUT2D eigenvalue weighted by molar-refractivity contribution is -0.121. The van der Waals surface area contributed by atoms with E-state index < -0.39 is 5.54 Å². The minimum absolute atomic E-state index is 0.0000448. The van der Waals surface area contributed by atoms with E-state index in [1.54, 1.807) is 12.1 Å². The Labute approximate surface area is 116 Å². The quantitative estimate of drug-likeness (QED) is 0.816. The van der Waals surface area contributed by atoms with Gasteiger partial charge in [-0.2, -0.15) is 0 Å². The molecular formula is C14H18FNO2S. The predicted molar refractivity (Wildman–Crippen MR) is 73.6 cm³/mol. The summed E-state index contributed by atoms with van der Waals surface area (Å²) < 4.78 is 12.7. The van der Waals surface area contributed by atoms with Gasteiger partial charge in [0.05, 0.1) is 17.9 Å². The van der Waals surface area contributed by atoms with Crippen LogP contribution in [0.4, 0.5) is 4.39 Å². The number of carbonyl (C=O) groups excluding carboxylic acids is 1. The minimum Gasteiger partial charge on any atom is -0.394 e. The number of aliphatic hydroxyl groups excluding tert-OH is 1. The molecule has 0 aliphatic heterocycles. The van der Waals surface area contributed by atoms with E-state index in [4.69, 9.17) is 0 Å². The van der Waals surface area contributed by atoms with Crippen LogP contribution in [-0.2, 0) is 4.79 Å². The molecule has 0 saturated heterocycles. The number of rotatable bonds is 5. The maximum Gasteiger partial charge on any atom is 0.230 e. The summed E-state index contributed by atoms with van der Waals surface area (Å²) in [4.78, 5) is 12.7. The van der Waals surface area contributed by atoms with E-state index in [9.17, 15) is 14.3 Å². The van der Waals surface area contributed by atoms with Gasteiger partial charge in [0, 0.05) is 4.90 Å². The molecule has 104 valence electrons. The fourth-order valence-electron chi connectivity index (χ4n) is 2.39. The Kier molecular flexibility index (Phi) is 4.82. The summed E-state index contributed by atoms with van der Waals surface area (Å²) in [5, 5.41) is 12.4. The molecule has 3 nitrogen and oxygen atoms in total. The topological polar surface area (TPSA) is 49.3 Å². The van der Waals surface area contributed by atoms with E-state index in [0.717, 1.165) is 30.6 Å². The molecule has 5 heteroatoms. The molecule has 2 rings (SSSR count). The molecule has 0 atom stereocenters. The molecule has 0 unspecified atom stereocenters. The first-order chi connectivity index (χ1) is 9.13. The molecule has 1 saturated carbocycles. The maximum absolute atomic E-state index is 12.7. The third-order valence-corrected chi connectivity index (χ3v) is 4.46. The Morgan fingerprint density at radius 2 is 1.95 bits per heavy atom. The van der Waals surface area contributed by atoms with Gasteiger partial charge in [0.15, 0.2) is 0 Å². The number of aliphatic hydroxyl groups is 1. The Morgan fingerprint density at radius 1 is 1.32 bits per heavy atom. The molecule has 1 aliphatic carbocycles. The maximum atomic E-state index is 12.7. The lowest BCUT2D eigenvalue weighted by Gasteiger charge is -2.27. The summed E-state index contributed by atoms with van der Waals surface area (Å²) in [7, 11) is 0. The van der Waals surface area contributed by atoms with Gasteiger partial charge in [0.2, 0.25) is 5.91 Å². The zero-order valence-electron chi connectivity index (χ0n) is 10.7. The number of hydrogen-bond donors (Lipinski definition) is 2. The van der Waals surface area contributed by atoms with Gasteiger partial charge in [0.25, 0.3) is 0 Å². The minimum atomic E-state index is -0.416. The lowest BCUT2D eigenvalue weighted by atomic mass is 9.99. The third-order valence-electron chi connectivity index (χ3n) is 3.45. The highest BCUT2D eigenvalue weighted by atomic mass is 32.2. The van der Waals surface area contributed by atoms with Crippen molar-refractivity contribution >= 4 is 17.7 Å². The Hall–Kier alpha value is -1.07. The van der Waals surface area contributed by atoms with Crippen LogP contribution in [-0.4, -0.2) is 28.9 Å². The van der Waals surface area contributed by atoms with Crippen LogP contribution >= 0.6 is 11.8 Å². The van der Waals surface area contributed by atoms with E-state index in [1.165, 1.54) is 23.9 Å². The number of nitrogens with one attached hydrogen (secondary N) is 1. The van der Waals surface area contributed by atoms with Gasteiger partial charge >= 0.3 is 0 Å². The van der Waals surface area contributed by atoms with E-state index in [2.05, 4.69) is 5.32 Å². The number of carbonyl (C=O) groups is 1. The van der Waals surface area contributed by atoms with Gasteiger partial charge in [-0.05, 0) is 37.1 Å². The molecule has 2 N–H and O–H groups in total. The van der Waals surface area contributed by atoms with Crippen molar-refractivity contribution in [2.45, 2.75) is 36.1 Å². The van der Waals surface area contributed by atoms with Crippen LogP contribution in [0, 0.1) is 5.82 Å². The molecular weight excluding hydrogens is 265 g/mol. The lowest BCUT2D eigenvalue weighted by Crippen LogP contribution is -2.49. The highest BCUT2D eigenvalue weighted by Gasteiger charge is 2.34. The Balaban J connectivity index is 1.82. The van der Waals surface area contributed by atoms with Crippen molar-refractivity contribution in [1.29, 1.82) is 0 Å². The summed E-state index contributed by atoms with van der Waals surface area (Å²) >= 11 is 1.37. The highest BCUT2D eigenvalue weighted by molar-refractivity contribution is 8.00. The van der Waals surface area contributed by atoms with Crippen LogP contribution in [0.25, 0.3) is 0 Å². The van der Waals surface area contributed by atoms with Gasteiger partial charge in [-0.3, -0.25) is 4.79 Å². The van der Waals surface area contributed by atoms with Crippen molar-refractivity contribution < 1.29 is 14.3 Å². The molecule has 0 radical (unpaired) electrons. The average Bonchev–Trinajstić information content (AvgIpc) is 2.87. The molecule has 0 bridgehead atoms. The molecule has 0 spiro atoms. The van der Waals surface area contributed by atoms with Crippen molar-refractivity contribution in [2.24, 2.45) is 0 Å². The number of benzene rings is 1. The van der Waals surface area contributed by atoms with E-state index in [1.807, 2.05) is 0 Å². The fourth-order valence-corrected chi connectivity index (χ4v) is 3.08. The van der Waals surface area contributed by atoms with Crippen LogP contribution in [0.2, 0.25) is 0 Å². The molecule has 19 heavy (non-hydrogen) atoms. The Bertz CT molecular complexity index is 430. The largest absolute Gasteiger partial charge is 0.394 e. The zero-order chi connectivity index (χ0) is 13.7. The summed E-state index contributed by atoms with van der Waals surface area (Å²) in [6, 6.07) is 6.08. The van der Waals surface area contributed by atoms with Crippen LogP contribution in [0.1, 0.15) is 25.7 Å². The van der Waals surface area contributed by atoms with E-state index >= 15 is 0 Å². The SMILES string of the molecule is O=C(CSc1ccc(F)cc1)NC1(CO)CCCC1. The van der Waals surface area contributed by atoms with Crippen molar-refractivity contribution in [1.82, 2.24) is 5.32 Å². The molecule has 1 aromatic rings. The fraction of sp³-hybridized carbons (Fsp3) is 0.500. The predicted octanol–water partition coefficient (Wildman–Crippen LogP) is 2.34. The number of halogens is 1. The van der Waals surface area contributed by atoms with Crippen molar-refractivity contribution in [2.75, 3.05) is 12.4 Å². The monoisotopic (exact) mass is 283 g/mol. The smallest absolute Gasteiger partial charge is 0.230 e. The molecule has 0 aromatic heterocycles. The standard InChI is InChI=1S/C14H18FNO2S/c15-11-3-5-12(6-4-11)19-9-13(18)16-14(10-17)7-1-2-8-14/h3-6,17H,1-2,7-10H2,(H,16,18). The summed E-state index contributed by atoms with van der Waals surface area (Å²) in [6.07, 6.45) is 3.78. The Morgan fingerprint density at radius 3 is 2.53 bits per heavy atom. The normalized spacial score (nSPS) is 17.4. The number of thioether (sulfide) groups is 1. The number of hydrogen-bond acceptors (Lipinski definition) is 3. The second-order valence-electron chi connectivity index (χ2n) is 4.94. The van der Waals surface area contributed by atoms with Gasteiger partial charge in [-0.1, -0.05) is 12.8 Å². The summed E-state index contributed by atoms with van der Waals surface area (Å²) in [6.45, 7) is -0.0000448. The van der Waals surface area contributed by atoms with Crippen LogP contribution in [0.3, 0.4) is 0 Å². The average molecular weight is 283 g/mol. The third kappa shape index (κ3) is 3.94. The van der Waals surface area contributed by atoms with Crippen LogP contribution < -0.4 is 5.32 Å². The zero-order valence-corrected chi connectivity index (χ0v) is 11.5. The second-order valence-corrected chi connectivity index (χ2v) is 5.99. The van der Waals surface area contributed by atoms with Gasteiger partial charge < -0.3 is 10.4 Å². The van der Waals surface area contributed by atoms with Gasteiger partial charge in [-0.25, -0.2) is 4.39 Å². The highest BCUT2D eigenvalue weighted by Crippen LogP contribution is 2.29. The van der Waals surface area contributed by atoms with E-state index in [0.29, 0.717) is 0 Å². The summed E-state index contributed by atoms with van der Waals surface area (Å²) in [5.41, 5.74) is -0.416. The van der Waals surface area contributed by atoms with Crippen molar-refractivity contribution in [3.8, 4) is 0 Å². The first kappa shape index (κ1) is 14.3.